The SMILES string of the molecule is CC1CCN(CC(=O)N2CCO[C@H](c3nccnc3N)C2)CC1. The van der Waals surface area contributed by atoms with E-state index in [1.807, 2.05) is 4.90 Å². The molecule has 2 aliphatic heterocycles. The summed E-state index contributed by atoms with van der Waals surface area (Å²) in [5.74, 6) is 1.31. The molecular formula is C16H25N5O2. The molecule has 23 heavy (non-hydrogen) atoms. The van der Waals surface area contributed by atoms with Gasteiger partial charge in [0, 0.05) is 18.9 Å². The van der Waals surface area contributed by atoms with Crippen molar-refractivity contribution >= 4 is 11.7 Å². The third-order valence-corrected chi connectivity index (χ3v) is 4.72. The maximum absolute atomic E-state index is 12.6. The lowest BCUT2D eigenvalue weighted by atomic mass is 9.99. The van der Waals surface area contributed by atoms with Crippen LogP contribution in [0.4, 0.5) is 5.82 Å². The highest BCUT2D eigenvalue weighted by Gasteiger charge is 2.29. The smallest absolute Gasteiger partial charge is 0.236 e. The zero-order valence-corrected chi connectivity index (χ0v) is 13.6. The lowest BCUT2D eigenvalue weighted by Crippen LogP contribution is -2.48. The maximum Gasteiger partial charge on any atom is 0.236 e. The Morgan fingerprint density at radius 2 is 2.04 bits per heavy atom. The first-order chi connectivity index (χ1) is 11.1. The molecule has 2 fully saturated rings. The van der Waals surface area contributed by atoms with Crippen LogP contribution in [0.2, 0.25) is 0 Å². The van der Waals surface area contributed by atoms with Gasteiger partial charge in [0.05, 0.1) is 19.7 Å². The van der Waals surface area contributed by atoms with Crippen molar-refractivity contribution in [3.8, 4) is 0 Å². The van der Waals surface area contributed by atoms with Gasteiger partial charge in [0.15, 0.2) is 0 Å². The predicted molar refractivity (Wildman–Crippen MR) is 86.6 cm³/mol. The van der Waals surface area contributed by atoms with Crippen LogP contribution in [0.25, 0.3) is 0 Å². The van der Waals surface area contributed by atoms with Crippen LogP contribution in [0.5, 0.6) is 0 Å². The second kappa shape index (κ2) is 7.23. The van der Waals surface area contributed by atoms with Crippen molar-refractivity contribution in [3.63, 3.8) is 0 Å². The first kappa shape index (κ1) is 16.1. The summed E-state index contributed by atoms with van der Waals surface area (Å²) in [4.78, 5) is 25.0. The summed E-state index contributed by atoms with van der Waals surface area (Å²) in [6.45, 7) is 6.41. The number of nitrogens with two attached hydrogens (primary N) is 1. The fourth-order valence-electron chi connectivity index (χ4n) is 3.16. The third-order valence-electron chi connectivity index (χ3n) is 4.72. The fraction of sp³-hybridized carbons (Fsp3) is 0.688. The van der Waals surface area contributed by atoms with E-state index in [2.05, 4.69) is 21.8 Å². The largest absolute Gasteiger partial charge is 0.382 e. The molecule has 1 aromatic heterocycles. The van der Waals surface area contributed by atoms with Crippen molar-refractivity contribution in [3.05, 3.63) is 18.1 Å². The monoisotopic (exact) mass is 319 g/mol. The standard InChI is InChI=1S/C16H25N5O2/c1-12-2-6-20(7-3-12)11-14(22)21-8-9-23-13(10-21)15-16(17)19-5-4-18-15/h4-5,12-13H,2-3,6-11H2,1H3,(H2,17,19)/t13-/m0/s1. The molecule has 0 saturated carbocycles. The number of rotatable bonds is 3. The molecule has 7 heteroatoms. The van der Waals surface area contributed by atoms with E-state index in [-0.39, 0.29) is 12.0 Å². The zero-order chi connectivity index (χ0) is 16.2. The van der Waals surface area contributed by atoms with Gasteiger partial charge in [0.25, 0.3) is 0 Å². The van der Waals surface area contributed by atoms with Crippen molar-refractivity contribution in [2.24, 2.45) is 5.92 Å². The van der Waals surface area contributed by atoms with Gasteiger partial charge >= 0.3 is 0 Å². The molecule has 3 rings (SSSR count). The fourth-order valence-corrected chi connectivity index (χ4v) is 3.16. The molecule has 0 radical (unpaired) electrons. The molecule has 1 atom stereocenters. The minimum absolute atomic E-state index is 0.162. The summed E-state index contributed by atoms with van der Waals surface area (Å²) in [6, 6.07) is 0. The van der Waals surface area contributed by atoms with Gasteiger partial charge in [-0.1, -0.05) is 6.92 Å². The van der Waals surface area contributed by atoms with Crippen LogP contribution in [0, 0.1) is 5.92 Å². The van der Waals surface area contributed by atoms with Crippen molar-refractivity contribution in [1.82, 2.24) is 19.8 Å². The van der Waals surface area contributed by atoms with E-state index in [9.17, 15) is 4.79 Å². The molecular weight excluding hydrogens is 294 g/mol. The number of hydrogen-bond donors (Lipinski definition) is 1. The number of carbonyl (C=O) groups is 1. The highest BCUT2D eigenvalue weighted by molar-refractivity contribution is 5.78. The number of nitrogens with zero attached hydrogens (tertiary/aromatic N) is 4. The van der Waals surface area contributed by atoms with Crippen LogP contribution in [-0.2, 0) is 9.53 Å². The van der Waals surface area contributed by atoms with Crippen LogP contribution in [0.15, 0.2) is 12.4 Å². The number of anilines is 1. The van der Waals surface area contributed by atoms with Gasteiger partial charge < -0.3 is 15.4 Å². The van der Waals surface area contributed by atoms with Crippen molar-refractivity contribution in [1.29, 1.82) is 0 Å². The molecule has 0 spiro atoms. The molecule has 0 aliphatic carbocycles. The lowest BCUT2D eigenvalue weighted by molar-refractivity contribution is -0.140. The molecule has 0 aromatic carbocycles. The summed E-state index contributed by atoms with van der Waals surface area (Å²) in [5, 5.41) is 0. The van der Waals surface area contributed by atoms with Gasteiger partial charge in [-0.2, -0.15) is 0 Å². The Morgan fingerprint density at radius 3 is 2.78 bits per heavy atom. The first-order valence-corrected chi connectivity index (χ1v) is 8.31. The Hall–Kier alpha value is -1.73. The van der Waals surface area contributed by atoms with Crippen LogP contribution < -0.4 is 5.73 Å². The van der Waals surface area contributed by atoms with E-state index < -0.39 is 0 Å². The number of ether oxygens (including phenoxy) is 1. The minimum atomic E-state index is -0.289. The summed E-state index contributed by atoms with van der Waals surface area (Å²) in [7, 11) is 0. The van der Waals surface area contributed by atoms with Gasteiger partial charge in [-0.05, 0) is 31.8 Å². The molecule has 0 unspecified atom stereocenters. The molecule has 1 aromatic rings. The van der Waals surface area contributed by atoms with Gasteiger partial charge in [-0.15, -0.1) is 0 Å². The van der Waals surface area contributed by atoms with Crippen LogP contribution >= 0.6 is 0 Å². The van der Waals surface area contributed by atoms with Crippen LogP contribution in [0.1, 0.15) is 31.6 Å². The number of morpholine rings is 1. The molecule has 2 saturated heterocycles. The van der Waals surface area contributed by atoms with Gasteiger partial charge in [0.1, 0.15) is 17.6 Å². The minimum Gasteiger partial charge on any atom is -0.382 e. The summed E-state index contributed by atoms with van der Waals surface area (Å²) < 4.78 is 5.74. The molecule has 3 heterocycles. The number of nitrogen functional groups attached to an aromatic ring is 1. The Bertz CT molecular complexity index is 545. The van der Waals surface area contributed by atoms with E-state index in [1.54, 1.807) is 12.4 Å². The quantitative estimate of drug-likeness (QED) is 0.882. The summed E-state index contributed by atoms with van der Waals surface area (Å²) in [5.41, 5.74) is 6.49. The predicted octanol–water partition coefficient (Wildman–Crippen LogP) is 0.691. The number of aromatic nitrogens is 2. The molecule has 7 nitrogen and oxygen atoms in total. The maximum atomic E-state index is 12.6. The number of amides is 1. The number of hydrogen-bond acceptors (Lipinski definition) is 6. The van der Waals surface area contributed by atoms with E-state index in [0.717, 1.165) is 19.0 Å². The van der Waals surface area contributed by atoms with Gasteiger partial charge in [0.2, 0.25) is 5.91 Å². The molecule has 2 N–H and O–H groups in total. The molecule has 126 valence electrons. The first-order valence-electron chi connectivity index (χ1n) is 8.31. The second-order valence-corrected chi connectivity index (χ2v) is 6.48. The molecule has 0 bridgehead atoms. The summed E-state index contributed by atoms with van der Waals surface area (Å²) >= 11 is 0. The van der Waals surface area contributed by atoms with E-state index in [1.165, 1.54) is 12.8 Å². The third kappa shape index (κ3) is 3.97. The van der Waals surface area contributed by atoms with Crippen LogP contribution in [0.3, 0.4) is 0 Å². The summed E-state index contributed by atoms with van der Waals surface area (Å²) in [6.07, 6.45) is 5.22. The average Bonchev–Trinajstić information content (AvgIpc) is 2.57. The van der Waals surface area contributed by atoms with Crippen molar-refractivity contribution in [2.75, 3.05) is 45.1 Å². The highest BCUT2D eigenvalue weighted by atomic mass is 16.5. The van der Waals surface area contributed by atoms with Crippen LogP contribution in [-0.4, -0.2) is 65.0 Å². The second-order valence-electron chi connectivity index (χ2n) is 6.48. The van der Waals surface area contributed by atoms with Gasteiger partial charge in [-0.25, -0.2) is 4.98 Å². The van der Waals surface area contributed by atoms with E-state index in [4.69, 9.17) is 10.5 Å². The Kier molecular flexibility index (Phi) is 5.07. The number of likely N-dealkylation sites (tertiary alicyclic amines) is 1. The molecule has 1 amide bonds. The number of piperidine rings is 1. The van der Waals surface area contributed by atoms with E-state index >= 15 is 0 Å². The Balaban J connectivity index is 1.58. The topological polar surface area (TPSA) is 84.6 Å². The Morgan fingerprint density at radius 1 is 1.30 bits per heavy atom. The number of carbonyl (C=O) groups excluding carboxylic acids is 1. The lowest BCUT2D eigenvalue weighted by Gasteiger charge is -2.35. The average molecular weight is 319 g/mol. The molecule has 2 aliphatic rings. The van der Waals surface area contributed by atoms with Gasteiger partial charge in [-0.3, -0.25) is 14.7 Å². The van der Waals surface area contributed by atoms with E-state index in [0.29, 0.717) is 37.8 Å². The normalized spacial score (nSPS) is 23.9. The van der Waals surface area contributed by atoms with Crippen molar-refractivity contribution in [2.45, 2.75) is 25.9 Å². The van der Waals surface area contributed by atoms with Crippen molar-refractivity contribution < 1.29 is 9.53 Å². The Labute approximate surface area is 136 Å². The zero-order valence-electron chi connectivity index (χ0n) is 13.6. The highest BCUT2D eigenvalue weighted by Crippen LogP contribution is 2.24.